The summed E-state index contributed by atoms with van der Waals surface area (Å²) in [4.78, 5) is 0.220. The van der Waals surface area contributed by atoms with Crippen molar-refractivity contribution in [1.29, 1.82) is 0 Å². The summed E-state index contributed by atoms with van der Waals surface area (Å²) in [6, 6.07) is 35.0. The Morgan fingerprint density at radius 3 is 1.62 bits per heavy atom. The van der Waals surface area contributed by atoms with Gasteiger partial charge in [-0.15, -0.1) is 0 Å². The average molecular weight is 638 g/mol. The third-order valence-electron chi connectivity index (χ3n) is 7.34. The number of hydrogen-bond donors (Lipinski definition) is 2. The molecule has 0 bridgehead atoms. The number of aryl methyl sites for hydroxylation is 2. The molecule has 3 N–H and O–H groups in total. The number of fused-ring (bicyclic) bond motifs is 1. The molecule has 2 atom stereocenters. The van der Waals surface area contributed by atoms with Gasteiger partial charge in [0.25, 0.3) is 0 Å². The fourth-order valence-electron chi connectivity index (χ4n) is 4.54. The van der Waals surface area contributed by atoms with Crippen molar-refractivity contribution >= 4 is 20.8 Å². The van der Waals surface area contributed by atoms with Crippen molar-refractivity contribution in [1.82, 2.24) is 4.72 Å². The molecular weight excluding hydrogens is 602 g/mol. The second-order valence-electron chi connectivity index (χ2n) is 9.90. The monoisotopic (exact) mass is 638 g/mol. The SMILES string of the molecule is Cc1ccc(C)c(C)c1C.N[C@@H](c1ccccc1)[C@@H](NS(=O)(=O)c1ccc2ccccc2c1)c1ccccc1.[Ru]. The van der Waals surface area contributed by atoms with E-state index >= 15 is 0 Å². The Morgan fingerprint density at radius 2 is 1.07 bits per heavy atom. The van der Waals surface area contributed by atoms with Crippen LogP contribution in [0.5, 0.6) is 0 Å². The van der Waals surface area contributed by atoms with Crippen LogP contribution < -0.4 is 10.5 Å². The van der Waals surface area contributed by atoms with Crippen LogP contribution >= 0.6 is 0 Å². The Hall–Kier alpha value is -3.15. The fourth-order valence-corrected chi connectivity index (χ4v) is 5.82. The smallest absolute Gasteiger partial charge is 0.241 e. The summed E-state index contributed by atoms with van der Waals surface area (Å²) in [7, 11) is -3.78. The summed E-state index contributed by atoms with van der Waals surface area (Å²) in [5, 5.41) is 1.87. The van der Waals surface area contributed by atoms with Crippen molar-refractivity contribution in [3.05, 3.63) is 149 Å². The normalized spacial score (nSPS) is 12.5. The number of sulfonamides is 1. The largest absolute Gasteiger partial charge is 0.322 e. The second kappa shape index (κ2) is 14.0. The van der Waals surface area contributed by atoms with Gasteiger partial charge >= 0.3 is 0 Å². The van der Waals surface area contributed by atoms with Crippen molar-refractivity contribution in [3.8, 4) is 0 Å². The maximum Gasteiger partial charge on any atom is 0.241 e. The van der Waals surface area contributed by atoms with E-state index in [1.54, 1.807) is 12.1 Å². The zero-order valence-electron chi connectivity index (χ0n) is 23.3. The molecule has 0 heterocycles. The molecule has 40 heavy (non-hydrogen) atoms. The Labute approximate surface area is 251 Å². The van der Waals surface area contributed by atoms with Gasteiger partial charge < -0.3 is 5.73 Å². The van der Waals surface area contributed by atoms with E-state index < -0.39 is 22.1 Å². The van der Waals surface area contributed by atoms with Gasteiger partial charge in [-0.2, -0.15) is 0 Å². The summed E-state index contributed by atoms with van der Waals surface area (Å²) >= 11 is 0. The first-order valence-corrected chi connectivity index (χ1v) is 14.6. The van der Waals surface area contributed by atoms with E-state index in [-0.39, 0.29) is 24.4 Å². The second-order valence-corrected chi connectivity index (χ2v) is 11.6. The fraction of sp³-hybridized carbons (Fsp3) is 0.176. The number of benzene rings is 5. The minimum atomic E-state index is -3.78. The van der Waals surface area contributed by atoms with Gasteiger partial charge in [0.2, 0.25) is 10.0 Å². The van der Waals surface area contributed by atoms with Gasteiger partial charge in [0.1, 0.15) is 0 Å². The third-order valence-corrected chi connectivity index (χ3v) is 8.78. The molecule has 0 fully saturated rings. The Morgan fingerprint density at radius 1 is 0.600 bits per heavy atom. The quantitative estimate of drug-likeness (QED) is 0.190. The van der Waals surface area contributed by atoms with Crippen molar-refractivity contribution in [3.63, 3.8) is 0 Å². The molecular formula is C34H36N2O2RuS. The molecule has 0 spiro atoms. The molecule has 4 nitrogen and oxygen atoms in total. The minimum absolute atomic E-state index is 0. The maximum atomic E-state index is 13.2. The molecule has 5 aromatic carbocycles. The Balaban J connectivity index is 0.000000340. The van der Waals surface area contributed by atoms with Crippen LogP contribution in [0.1, 0.15) is 45.5 Å². The van der Waals surface area contributed by atoms with Gasteiger partial charge in [0, 0.05) is 19.5 Å². The van der Waals surface area contributed by atoms with Gasteiger partial charge in [-0.3, -0.25) is 0 Å². The number of rotatable bonds is 6. The van der Waals surface area contributed by atoms with Crippen LogP contribution in [0, 0.1) is 27.7 Å². The predicted octanol–water partition coefficient (Wildman–Crippen LogP) is 7.48. The molecule has 0 radical (unpaired) electrons. The molecule has 5 aromatic rings. The average Bonchev–Trinajstić information content (AvgIpc) is 2.97. The predicted molar refractivity (Wildman–Crippen MR) is 162 cm³/mol. The molecule has 0 aliphatic heterocycles. The van der Waals surface area contributed by atoms with Crippen molar-refractivity contribution in [2.24, 2.45) is 5.73 Å². The topological polar surface area (TPSA) is 72.2 Å². The molecule has 0 aromatic heterocycles. The molecule has 0 amide bonds. The van der Waals surface area contributed by atoms with E-state index in [4.69, 9.17) is 5.73 Å². The standard InChI is InChI=1S/C24H22N2O2S.C10H14.Ru/c25-23(19-10-3-1-4-11-19)24(20-12-5-2-6-13-20)26-29(27,28)22-16-15-18-9-7-8-14-21(18)17-22;1-7-5-6-8(2)10(4)9(7)3;/h1-17,23-24,26H,25H2;5-6H,1-4H3;/t23-,24-;;/m0../s1. The first kappa shape index (κ1) is 31.4. The molecule has 0 aliphatic carbocycles. The number of hydrogen-bond acceptors (Lipinski definition) is 3. The van der Waals surface area contributed by atoms with Crippen LogP contribution in [0.25, 0.3) is 10.8 Å². The zero-order chi connectivity index (χ0) is 28.0. The van der Waals surface area contributed by atoms with Gasteiger partial charge in [-0.05, 0) is 84.0 Å². The van der Waals surface area contributed by atoms with Crippen LogP contribution in [0.15, 0.2) is 120 Å². The number of nitrogens with one attached hydrogen (secondary N) is 1. The Kier molecular flexibility index (Phi) is 11.0. The summed E-state index contributed by atoms with van der Waals surface area (Å²) < 4.78 is 29.3. The third kappa shape index (κ3) is 7.53. The molecule has 208 valence electrons. The van der Waals surface area contributed by atoms with Crippen molar-refractivity contribution < 1.29 is 27.9 Å². The van der Waals surface area contributed by atoms with Crippen LogP contribution in [0.2, 0.25) is 0 Å². The van der Waals surface area contributed by atoms with E-state index in [9.17, 15) is 8.42 Å². The summed E-state index contributed by atoms with van der Waals surface area (Å²) in [5.41, 5.74) is 13.8. The van der Waals surface area contributed by atoms with E-state index in [0.717, 1.165) is 21.9 Å². The first-order valence-electron chi connectivity index (χ1n) is 13.1. The first-order chi connectivity index (χ1) is 18.7. The Bertz CT molecular complexity index is 1630. The van der Waals surface area contributed by atoms with E-state index in [2.05, 4.69) is 44.5 Å². The molecule has 0 saturated heterocycles. The van der Waals surface area contributed by atoms with E-state index in [0.29, 0.717) is 0 Å². The molecule has 6 heteroatoms. The van der Waals surface area contributed by atoms with E-state index in [1.807, 2.05) is 91.0 Å². The summed E-state index contributed by atoms with van der Waals surface area (Å²) in [6.07, 6.45) is 0. The van der Waals surface area contributed by atoms with Gasteiger partial charge in [0.05, 0.1) is 17.0 Å². The number of nitrogens with two attached hydrogens (primary N) is 1. The van der Waals surface area contributed by atoms with Gasteiger partial charge in [0.15, 0.2) is 0 Å². The van der Waals surface area contributed by atoms with E-state index in [1.165, 1.54) is 22.3 Å². The molecule has 0 unspecified atom stereocenters. The molecule has 0 saturated carbocycles. The van der Waals surface area contributed by atoms with Crippen molar-refractivity contribution in [2.45, 2.75) is 44.7 Å². The molecule has 0 aliphatic rings. The van der Waals surface area contributed by atoms with Gasteiger partial charge in [-0.25, -0.2) is 13.1 Å². The van der Waals surface area contributed by atoms with Gasteiger partial charge in [-0.1, -0.05) is 103 Å². The van der Waals surface area contributed by atoms with Crippen LogP contribution in [0.3, 0.4) is 0 Å². The summed E-state index contributed by atoms with van der Waals surface area (Å²) in [5.74, 6) is 0. The maximum absolute atomic E-state index is 13.2. The minimum Gasteiger partial charge on any atom is -0.322 e. The molecule has 5 rings (SSSR count). The summed E-state index contributed by atoms with van der Waals surface area (Å²) in [6.45, 7) is 8.67. The van der Waals surface area contributed by atoms with Crippen molar-refractivity contribution in [2.75, 3.05) is 0 Å². The zero-order valence-corrected chi connectivity index (χ0v) is 25.8. The van der Waals surface area contributed by atoms with Crippen LogP contribution in [-0.4, -0.2) is 8.42 Å². The van der Waals surface area contributed by atoms with Crippen LogP contribution in [0.4, 0.5) is 0 Å². The van der Waals surface area contributed by atoms with Crippen LogP contribution in [-0.2, 0) is 29.5 Å².